The third-order valence-electron chi connectivity index (χ3n) is 1.95. The SMILES string of the molecule is C=c1c(=O)n(C)n2c(=O)ccnc12. The van der Waals surface area contributed by atoms with Crippen molar-refractivity contribution in [1.82, 2.24) is 14.2 Å². The van der Waals surface area contributed by atoms with Crippen LogP contribution >= 0.6 is 0 Å². The zero-order valence-corrected chi connectivity index (χ0v) is 7.02. The van der Waals surface area contributed by atoms with Gasteiger partial charge in [0.25, 0.3) is 11.1 Å². The van der Waals surface area contributed by atoms with Crippen LogP contribution in [0, 0.1) is 0 Å². The maximum absolute atomic E-state index is 11.3. The summed E-state index contributed by atoms with van der Waals surface area (Å²) in [5.41, 5.74) is -0.254. The molecule has 0 saturated heterocycles. The van der Waals surface area contributed by atoms with Gasteiger partial charge < -0.3 is 0 Å². The van der Waals surface area contributed by atoms with Gasteiger partial charge in [-0.15, -0.1) is 0 Å². The molecule has 2 aromatic heterocycles. The lowest BCUT2D eigenvalue weighted by atomic mass is 10.5. The van der Waals surface area contributed by atoms with Crippen LogP contribution in [0.4, 0.5) is 0 Å². The maximum Gasteiger partial charge on any atom is 0.275 e. The van der Waals surface area contributed by atoms with Gasteiger partial charge in [-0.05, 0) is 0 Å². The Bertz CT molecular complexity index is 623. The van der Waals surface area contributed by atoms with Gasteiger partial charge in [-0.25, -0.2) is 9.67 Å². The Hall–Kier alpha value is -1.91. The molecule has 0 saturated carbocycles. The van der Waals surface area contributed by atoms with Crippen LogP contribution in [0.2, 0.25) is 0 Å². The molecular formula is C8H7N3O2. The van der Waals surface area contributed by atoms with Gasteiger partial charge in [0.05, 0.1) is 5.22 Å². The van der Waals surface area contributed by atoms with Gasteiger partial charge in [0, 0.05) is 19.3 Å². The summed E-state index contributed by atoms with van der Waals surface area (Å²) < 4.78 is 2.40. The topological polar surface area (TPSA) is 56.4 Å². The molecule has 0 unspecified atom stereocenters. The highest BCUT2D eigenvalue weighted by molar-refractivity contribution is 5.39. The van der Waals surface area contributed by atoms with Crippen molar-refractivity contribution in [3.8, 4) is 0 Å². The lowest BCUT2D eigenvalue weighted by Crippen LogP contribution is -2.27. The van der Waals surface area contributed by atoms with Crippen molar-refractivity contribution in [2.45, 2.75) is 0 Å². The van der Waals surface area contributed by atoms with E-state index in [2.05, 4.69) is 11.6 Å². The van der Waals surface area contributed by atoms with Gasteiger partial charge >= 0.3 is 0 Å². The standard InChI is InChI=1S/C8H7N3O2/c1-5-7-9-4-3-6(12)11(7)10(2)8(5)13/h3-4H,1H2,2H3. The lowest BCUT2D eigenvalue weighted by Gasteiger charge is -1.94. The van der Waals surface area contributed by atoms with E-state index in [1.54, 1.807) is 0 Å². The van der Waals surface area contributed by atoms with Crippen LogP contribution in [0.25, 0.3) is 12.2 Å². The molecule has 0 amide bonds. The van der Waals surface area contributed by atoms with Crippen LogP contribution < -0.4 is 16.3 Å². The van der Waals surface area contributed by atoms with E-state index in [1.165, 1.54) is 28.5 Å². The molecule has 0 bridgehead atoms. The number of rotatable bonds is 0. The molecular weight excluding hydrogens is 170 g/mol. The number of hydrogen-bond acceptors (Lipinski definition) is 3. The molecule has 0 spiro atoms. The first-order valence-corrected chi connectivity index (χ1v) is 3.68. The van der Waals surface area contributed by atoms with Crippen molar-refractivity contribution in [1.29, 1.82) is 0 Å². The molecule has 0 aliphatic rings. The minimum atomic E-state index is -0.296. The summed E-state index contributed by atoms with van der Waals surface area (Å²) in [6.07, 6.45) is 1.37. The third-order valence-corrected chi connectivity index (χ3v) is 1.95. The quantitative estimate of drug-likeness (QED) is 0.493. The molecule has 0 atom stereocenters. The number of fused-ring (bicyclic) bond motifs is 1. The molecule has 0 aromatic carbocycles. The van der Waals surface area contributed by atoms with Crippen molar-refractivity contribution in [2.24, 2.45) is 7.05 Å². The Labute approximate surface area is 72.5 Å². The van der Waals surface area contributed by atoms with E-state index in [0.717, 1.165) is 0 Å². The van der Waals surface area contributed by atoms with Crippen molar-refractivity contribution in [3.05, 3.63) is 38.2 Å². The second-order valence-corrected chi connectivity index (χ2v) is 2.73. The summed E-state index contributed by atoms with van der Waals surface area (Å²) in [5.74, 6) is 0. The second kappa shape index (κ2) is 2.29. The van der Waals surface area contributed by atoms with Crippen LogP contribution in [-0.4, -0.2) is 14.2 Å². The van der Waals surface area contributed by atoms with Crippen molar-refractivity contribution < 1.29 is 0 Å². The van der Waals surface area contributed by atoms with Crippen LogP contribution in [0.1, 0.15) is 0 Å². The zero-order chi connectivity index (χ0) is 9.59. The van der Waals surface area contributed by atoms with Crippen molar-refractivity contribution >= 4 is 12.2 Å². The first-order valence-electron chi connectivity index (χ1n) is 3.68. The lowest BCUT2D eigenvalue weighted by molar-refractivity contribution is 0.659. The van der Waals surface area contributed by atoms with E-state index < -0.39 is 0 Å². The fraction of sp³-hybridized carbons (Fsp3) is 0.125. The number of aromatic nitrogens is 3. The number of nitrogens with zero attached hydrogens (tertiary/aromatic N) is 3. The van der Waals surface area contributed by atoms with Gasteiger partial charge in [0.1, 0.15) is 0 Å². The normalized spacial score (nSPS) is 10.8. The van der Waals surface area contributed by atoms with E-state index in [9.17, 15) is 9.59 Å². The van der Waals surface area contributed by atoms with E-state index in [4.69, 9.17) is 0 Å². The molecule has 0 N–H and O–H groups in total. The van der Waals surface area contributed by atoms with Gasteiger partial charge in [-0.2, -0.15) is 4.52 Å². The summed E-state index contributed by atoms with van der Waals surface area (Å²) >= 11 is 0. The summed E-state index contributed by atoms with van der Waals surface area (Å²) in [5, 5.41) is 0.250. The fourth-order valence-electron chi connectivity index (χ4n) is 1.28. The van der Waals surface area contributed by atoms with Crippen molar-refractivity contribution in [2.75, 3.05) is 0 Å². The molecule has 2 rings (SSSR count). The van der Waals surface area contributed by atoms with Gasteiger partial charge in [0.2, 0.25) is 0 Å². The summed E-state index contributed by atoms with van der Waals surface area (Å²) in [4.78, 5) is 26.5. The zero-order valence-electron chi connectivity index (χ0n) is 7.02. The molecule has 5 heteroatoms. The average molecular weight is 177 g/mol. The fourth-order valence-corrected chi connectivity index (χ4v) is 1.28. The summed E-state index contributed by atoms with van der Waals surface area (Å²) in [6, 6.07) is 1.30. The second-order valence-electron chi connectivity index (χ2n) is 2.73. The molecule has 13 heavy (non-hydrogen) atoms. The first kappa shape index (κ1) is 7.72. The largest absolute Gasteiger partial charge is 0.275 e. The molecule has 2 heterocycles. The van der Waals surface area contributed by atoms with Crippen LogP contribution in [-0.2, 0) is 7.05 Å². The first-order chi connectivity index (χ1) is 6.13. The Kier molecular flexibility index (Phi) is 1.36. The predicted octanol–water partition coefficient (Wildman–Crippen LogP) is -1.48. The molecule has 0 aliphatic heterocycles. The number of hydrogen-bond donors (Lipinski definition) is 0. The van der Waals surface area contributed by atoms with E-state index in [-0.39, 0.29) is 16.3 Å². The Morgan fingerprint density at radius 3 is 2.77 bits per heavy atom. The minimum absolute atomic E-state index is 0.250. The van der Waals surface area contributed by atoms with Gasteiger partial charge in [-0.1, -0.05) is 6.58 Å². The average Bonchev–Trinajstić information content (AvgIpc) is 2.33. The van der Waals surface area contributed by atoms with Crippen molar-refractivity contribution in [3.63, 3.8) is 0 Å². The predicted molar refractivity (Wildman–Crippen MR) is 47.4 cm³/mol. The smallest absolute Gasteiger partial charge is 0.267 e. The Morgan fingerprint density at radius 2 is 2.15 bits per heavy atom. The Balaban J connectivity index is 3.32. The highest BCUT2D eigenvalue weighted by Gasteiger charge is 2.06. The summed E-state index contributed by atoms with van der Waals surface area (Å²) in [6.45, 7) is 3.55. The Morgan fingerprint density at radius 1 is 1.46 bits per heavy atom. The molecule has 0 aliphatic carbocycles. The molecule has 0 radical (unpaired) electrons. The molecule has 2 aromatic rings. The van der Waals surface area contributed by atoms with Gasteiger partial charge in [0.15, 0.2) is 5.65 Å². The minimum Gasteiger partial charge on any atom is -0.267 e. The monoisotopic (exact) mass is 177 g/mol. The highest BCUT2D eigenvalue weighted by Crippen LogP contribution is 1.81. The molecule has 0 fully saturated rings. The number of aryl methyl sites for hydroxylation is 1. The highest BCUT2D eigenvalue weighted by atomic mass is 16.2. The summed E-state index contributed by atoms with van der Waals surface area (Å²) in [7, 11) is 1.51. The van der Waals surface area contributed by atoms with E-state index in [1.807, 2.05) is 0 Å². The van der Waals surface area contributed by atoms with Crippen LogP contribution in [0.3, 0.4) is 0 Å². The van der Waals surface area contributed by atoms with Crippen LogP contribution in [0.15, 0.2) is 21.9 Å². The van der Waals surface area contributed by atoms with Gasteiger partial charge in [-0.3, -0.25) is 9.59 Å². The molecule has 66 valence electrons. The van der Waals surface area contributed by atoms with E-state index in [0.29, 0.717) is 5.65 Å². The maximum atomic E-state index is 11.3. The van der Waals surface area contributed by atoms with E-state index >= 15 is 0 Å². The third kappa shape index (κ3) is 0.837. The van der Waals surface area contributed by atoms with Crippen LogP contribution in [0.5, 0.6) is 0 Å². The molecule has 5 nitrogen and oxygen atoms in total.